The standard InChI is InChI=1S/C12H19N3O2S/c1-2-17-11(16)8-10-9-18-12(14-10)15-6-3-4-13-5-7-15/h9,13H,2-8H2,1H3. The van der Waals surface area contributed by atoms with Crippen molar-refractivity contribution in [1.29, 1.82) is 0 Å². The summed E-state index contributed by atoms with van der Waals surface area (Å²) in [5, 5.41) is 6.32. The molecule has 0 saturated carbocycles. The zero-order chi connectivity index (χ0) is 12.8. The molecule has 0 bridgehead atoms. The van der Waals surface area contributed by atoms with E-state index in [9.17, 15) is 4.79 Å². The Labute approximate surface area is 111 Å². The molecule has 5 nitrogen and oxygen atoms in total. The molecule has 0 aliphatic carbocycles. The number of carbonyl (C=O) groups excluding carboxylic acids is 1. The van der Waals surface area contributed by atoms with Crippen molar-refractivity contribution in [3.8, 4) is 0 Å². The van der Waals surface area contributed by atoms with Gasteiger partial charge < -0.3 is 15.0 Å². The van der Waals surface area contributed by atoms with Crippen molar-refractivity contribution in [2.75, 3.05) is 37.7 Å². The number of ether oxygens (including phenoxy) is 1. The van der Waals surface area contributed by atoms with Gasteiger partial charge in [0.1, 0.15) is 0 Å². The zero-order valence-electron chi connectivity index (χ0n) is 10.6. The molecule has 100 valence electrons. The highest BCUT2D eigenvalue weighted by Crippen LogP contribution is 2.21. The Bertz CT molecular complexity index is 386. The summed E-state index contributed by atoms with van der Waals surface area (Å²) in [7, 11) is 0. The van der Waals surface area contributed by atoms with Crippen LogP contribution in [0.4, 0.5) is 5.13 Å². The number of hydrogen-bond acceptors (Lipinski definition) is 6. The molecule has 0 unspecified atom stereocenters. The Morgan fingerprint density at radius 2 is 2.44 bits per heavy atom. The fourth-order valence-electron chi connectivity index (χ4n) is 1.92. The third-order valence-corrected chi connectivity index (χ3v) is 3.73. The predicted octanol–water partition coefficient (Wildman–Crippen LogP) is 1.05. The van der Waals surface area contributed by atoms with Crippen LogP contribution < -0.4 is 10.2 Å². The molecule has 0 radical (unpaired) electrons. The Morgan fingerprint density at radius 1 is 1.56 bits per heavy atom. The van der Waals surface area contributed by atoms with E-state index in [0.29, 0.717) is 6.61 Å². The third-order valence-electron chi connectivity index (χ3n) is 2.78. The van der Waals surface area contributed by atoms with Gasteiger partial charge in [-0.2, -0.15) is 0 Å². The first-order valence-electron chi connectivity index (χ1n) is 6.35. The van der Waals surface area contributed by atoms with E-state index in [2.05, 4.69) is 15.2 Å². The molecule has 2 rings (SSSR count). The van der Waals surface area contributed by atoms with Crippen LogP contribution in [-0.4, -0.2) is 43.7 Å². The SMILES string of the molecule is CCOC(=O)Cc1csc(N2CCCNCC2)n1. The fourth-order valence-corrected chi connectivity index (χ4v) is 2.80. The Balaban J connectivity index is 1.94. The highest BCUT2D eigenvalue weighted by Gasteiger charge is 2.14. The predicted molar refractivity (Wildman–Crippen MR) is 72.2 cm³/mol. The lowest BCUT2D eigenvalue weighted by molar-refractivity contribution is -0.142. The van der Waals surface area contributed by atoms with E-state index in [0.717, 1.165) is 43.4 Å². The lowest BCUT2D eigenvalue weighted by Gasteiger charge is -2.18. The van der Waals surface area contributed by atoms with Gasteiger partial charge in [-0.05, 0) is 19.9 Å². The first kappa shape index (κ1) is 13.3. The number of rotatable bonds is 4. The van der Waals surface area contributed by atoms with Gasteiger partial charge in [0.25, 0.3) is 0 Å². The first-order chi connectivity index (χ1) is 8.79. The Hall–Kier alpha value is -1.14. The van der Waals surface area contributed by atoms with Crippen molar-refractivity contribution in [3.63, 3.8) is 0 Å². The number of anilines is 1. The summed E-state index contributed by atoms with van der Waals surface area (Å²) in [5.74, 6) is -0.202. The van der Waals surface area contributed by atoms with Crippen molar-refractivity contribution < 1.29 is 9.53 Å². The van der Waals surface area contributed by atoms with Crippen molar-refractivity contribution in [1.82, 2.24) is 10.3 Å². The average molecular weight is 269 g/mol. The minimum absolute atomic E-state index is 0.202. The second kappa shape index (κ2) is 6.70. The minimum Gasteiger partial charge on any atom is -0.466 e. The molecule has 0 amide bonds. The molecular weight excluding hydrogens is 250 g/mol. The van der Waals surface area contributed by atoms with Crippen LogP contribution in [0, 0.1) is 0 Å². The monoisotopic (exact) mass is 269 g/mol. The van der Waals surface area contributed by atoms with E-state index >= 15 is 0 Å². The second-order valence-electron chi connectivity index (χ2n) is 4.19. The van der Waals surface area contributed by atoms with Crippen LogP contribution in [0.5, 0.6) is 0 Å². The highest BCUT2D eigenvalue weighted by molar-refractivity contribution is 7.13. The quantitative estimate of drug-likeness (QED) is 0.828. The van der Waals surface area contributed by atoms with Gasteiger partial charge in [0.05, 0.1) is 18.7 Å². The van der Waals surface area contributed by atoms with Crippen LogP contribution in [0.25, 0.3) is 0 Å². The van der Waals surface area contributed by atoms with Gasteiger partial charge in [0, 0.05) is 25.0 Å². The average Bonchev–Trinajstić information content (AvgIpc) is 2.64. The summed E-state index contributed by atoms with van der Waals surface area (Å²) >= 11 is 1.60. The Kier molecular flexibility index (Phi) is 4.95. The summed E-state index contributed by atoms with van der Waals surface area (Å²) in [6.45, 7) is 6.30. The number of nitrogens with zero attached hydrogens (tertiary/aromatic N) is 2. The maximum Gasteiger partial charge on any atom is 0.311 e. The molecule has 1 N–H and O–H groups in total. The number of esters is 1. The van der Waals surface area contributed by atoms with Gasteiger partial charge >= 0.3 is 5.97 Å². The normalized spacial score (nSPS) is 16.4. The molecule has 1 aliphatic rings. The molecule has 0 aromatic carbocycles. The van der Waals surface area contributed by atoms with Crippen molar-refractivity contribution in [3.05, 3.63) is 11.1 Å². The lowest BCUT2D eigenvalue weighted by Crippen LogP contribution is -2.27. The molecule has 6 heteroatoms. The molecule has 1 saturated heterocycles. The zero-order valence-corrected chi connectivity index (χ0v) is 11.5. The largest absolute Gasteiger partial charge is 0.466 e. The van der Waals surface area contributed by atoms with E-state index in [1.165, 1.54) is 0 Å². The topological polar surface area (TPSA) is 54.5 Å². The number of hydrogen-bond donors (Lipinski definition) is 1. The molecule has 2 heterocycles. The van der Waals surface area contributed by atoms with Gasteiger partial charge in [0.2, 0.25) is 0 Å². The number of aromatic nitrogens is 1. The van der Waals surface area contributed by atoms with Gasteiger partial charge in [-0.3, -0.25) is 4.79 Å². The second-order valence-corrected chi connectivity index (χ2v) is 5.03. The van der Waals surface area contributed by atoms with Gasteiger partial charge in [-0.25, -0.2) is 4.98 Å². The summed E-state index contributed by atoms with van der Waals surface area (Å²) in [5.41, 5.74) is 0.811. The smallest absolute Gasteiger partial charge is 0.311 e. The number of thiazole rings is 1. The van der Waals surface area contributed by atoms with Crippen molar-refractivity contribution >= 4 is 22.4 Å². The molecule has 1 aromatic rings. The lowest BCUT2D eigenvalue weighted by atomic mass is 10.3. The number of carbonyl (C=O) groups is 1. The van der Waals surface area contributed by atoms with E-state index in [4.69, 9.17) is 4.74 Å². The van der Waals surface area contributed by atoms with Gasteiger partial charge in [0.15, 0.2) is 5.13 Å². The van der Waals surface area contributed by atoms with Crippen molar-refractivity contribution in [2.24, 2.45) is 0 Å². The summed E-state index contributed by atoms with van der Waals surface area (Å²) in [4.78, 5) is 18.2. The van der Waals surface area contributed by atoms with Crippen LogP contribution in [0.15, 0.2) is 5.38 Å². The molecule has 18 heavy (non-hydrogen) atoms. The van der Waals surface area contributed by atoms with E-state index in [-0.39, 0.29) is 12.4 Å². The van der Waals surface area contributed by atoms with E-state index in [1.807, 2.05) is 12.3 Å². The van der Waals surface area contributed by atoms with Crippen LogP contribution >= 0.6 is 11.3 Å². The van der Waals surface area contributed by atoms with Crippen LogP contribution in [0.2, 0.25) is 0 Å². The molecule has 1 aromatic heterocycles. The molecular formula is C12H19N3O2S. The number of nitrogens with one attached hydrogen (secondary N) is 1. The third kappa shape index (κ3) is 3.68. The fraction of sp³-hybridized carbons (Fsp3) is 0.667. The summed E-state index contributed by atoms with van der Waals surface area (Å²) in [6.07, 6.45) is 1.41. The van der Waals surface area contributed by atoms with E-state index < -0.39 is 0 Å². The van der Waals surface area contributed by atoms with Crippen LogP contribution in [0.1, 0.15) is 19.0 Å². The van der Waals surface area contributed by atoms with Gasteiger partial charge in [-0.1, -0.05) is 0 Å². The molecule has 1 fully saturated rings. The van der Waals surface area contributed by atoms with Crippen LogP contribution in [-0.2, 0) is 16.0 Å². The van der Waals surface area contributed by atoms with Crippen molar-refractivity contribution in [2.45, 2.75) is 19.8 Å². The molecule has 0 spiro atoms. The Morgan fingerprint density at radius 3 is 3.28 bits per heavy atom. The van der Waals surface area contributed by atoms with Crippen LogP contribution in [0.3, 0.4) is 0 Å². The maximum atomic E-state index is 11.4. The first-order valence-corrected chi connectivity index (χ1v) is 7.23. The van der Waals surface area contributed by atoms with E-state index in [1.54, 1.807) is 11.3 Å². The molecule has 0 atom stereocenters. The molecule has 1 aliphatic heterocycles. The highest BCUT2D eigenvalue weighted by atomic mass is 32.1. The minimum atomic E-state index is -0.202. The van der Waals surface area contributed by atoms with Gasteiger partial charge in [-0.15, -0.1) is 11.3 Å². The summed E-state index contributed by atoms with van der Waals surface area (Å²) in [6, 6.07) is 0. The maximum absolute atomic E-state index is 11.4. The summed E-state index contributed by atoms with van der Waals surface area (Å²) < 4.78 is 4.92.